The number of rotatable bonds is 11. The van der Waals surface area contributed by atoms with Gasteiger partial charge in [-0.15, -0.1) is 5.10 Å². The summed E-state index contributed by atoms with van der Waals surface area (Å²) in [5.74, 6) is -0.301. The third-order valence-electron chi connectivity index (χ3n) is 6.95. The highest BCUT2D eigenvalue weighted by molar-refractivity contribution is 6.02. The zero-order valence-electron chi connectivity index (χ0n) is 23.0. The van der Waals surface area contributed by atoms with Crippen molar-refractivity contribution in [3.63, 3.8) is 0 Å². The van der Waals surface area contributed by atoms with Crippen LogP contribution in [0.2, 0.25) is 0 Å². The summed E-state index contributed by atoms with van der Waals surface area (Å²) in [7, 11) is 1.51. The Bertz CT molecular complexity index is 1520. The van der Waals surface area contributed by atoms with E-state index in [9.17, 15) is 14.7 Å². The molecule has 41 heavy (non-hydrogen) atoms. The lowest BCUT2D eigenvalue weighted by Crippen LogP contribution is -2.46. The summed E-state index contributed by atoms with van der Waals surface area (Å²) in [5, 5.41) is 21.7. The fraction of sp³-hybridized carbons (Fsp3) is 0.333. The van der Waals surface area contributed by atoms with Crippen LogP contribution in [-0.2, 0) is 20.9 Å². The first-order valence-electron chi connectivity index (χ1n) is 13.6. The maximum Gasteiger partial charge on any atom is 0.249 e. The molecule has 0 spiro atoms. The highest BCUT2D eigenvalue weighted by Gasteiger charge is 2.36. The standard InChI is InChI=1S/C30H33N5O6/c1-3-40-27-17-20(14-15-25(27)36)29(30(38)31-18-21-9-8-16-41-21)35(24-12-6-7-13-26(24)39-2)28(37)19-34-23-11-5-4-10-22(23)32-33-34/h4-7,10-15,17,21,29,36H,3,8-9,16,18-19H2,1-2H3,(H,31,38)/t21-,29+/m0/s1. The molecule has 2 N–H and O–H groups in total. The van der Waals surface area contributed by atoms with E-state index in [1.165, 1.54) is 22.8 Å². The summed E-state index contributed by atoms with van der Waals surface area (Å²) >= 11 is 0. The minimum absolute atomic E-state index is 0.0710. The van der Waals surface area contributed by atoms with Crippen molar-refractivity contribution in [2.45, 2.75) is 38.5 Å². The van der Waals surface area contributed by atoms with Gasteiger partial charge in [0.2, 0.25) is 11.8 Å². The number of phenols is 1. The second-order valence-electron chi connectivity index (χ2n) is 9.61. The Labute approximate surface area is 237 Å². The van der Waals surface area contributed by atoms with E-state index in [1.54, 1.807) is 43.3 Å². The molecular formula is C30H33N5O6. The number of methoxy groups -OCH3 is 1. The number of aromatic nitrogens is 3. The SMILES string of the molecule is CCOc1cc([C@H](C(=O)NC[C@@H]2CCCO2)N(C(=O)Cn2nnc3ccccc32)c2ccccc2OC)ccc1O. The van der Waals surface area contributed by atoms with Crippen LogP contribution in [0.3, 0.4) is 0 Å². The number of anilines is 1. The summed E-state index contributed by atoms with van der Waals surface area (Å²) in [5.41, 5.74) is 2.17. The molecule has 0 unspecified atom stereocenters. The van der Waals surface area contributed by atoms with Crippen molar-refractivity contribution in [2.75, 3.05) is 31.8 Å². The number of hydrogen-bond acceptors (Lipinski definition) is 8. The average molecular weight is 560 g/mol. The van der Waals surface area contributed by atoms with Crippen molar-refractivity contribution >= 4 is 28.5 Å². The third-order valence-corrected chi connectivity index (χ3v) is 6.95. The van der Waals surface area contributed by atoms with E-state index >= 15 is 0 Å². The first-order valence-corrected chi connectivity index (χ1v) is 13.6. The quantitative estimate of drug-likeness (QED) is 0.285. The van der Waals surface area contributed by atoms with Gasteiger partial charge in [0.1, 0.15) is 23.9 Å². The van der Waals surface area contributed by atoms with Gasteiger partial charge in [-0.3, -0.25) is 14.5 Å². The minimum atomic E-state index is -1.14. The van der Waals surface area contributed by atoms with E-state index in [0.717, 1.165) is 12.8 Å². The molecule has 0 aliphatic carbocycles. The van der Waals surface area contributed by atoms with Crippen LogP contribution in [0.15, 0.2) is 66.7 Å². The van der Waals surface area contributed by atoms with Crippen LogP contribution < -0.4 is 19.7 Å². The number of carbonyl (C=O) groups is 2. The van der Waals surface area contributed by atoms with Crippen LogP contribution in [0, 0.1) is 0 Å². The molecule has 4 aromatic rings. The van der Waals surface area contributed by atoms with E-state index < -0.39 is 17.9 Å². The van der Waals surface area contributed by atoms with E-state index in [4.69, 9.17) is 14.2 Å². The van der Waals surface area contributed by atoms with Crippen molar-refractivity contribution in [3.05, 3.63) is 72.3 Å². The molecule has 0 radical (unpaired) electrons. The predicted octanol–water partition coefficient (Wildman–Crippen LogP) is 3.61. The Hall–Kier alpha value is -4.64. The fourth-order valence-electron chi connectivity index (χ4n) is 4.99. The van der Waals surface area contributed by atoms with Gasteiger partial charge in [-0.2, -0.15) is 0 Å². The molecule has 1 fully saturated rings. The third kappa shape index (κ3) is 6.09. The molecule has 214 valence electrons. The molecule has 2 atom stereocenters. The monoisotopic (exact) mass is 559 g/mol. The van der Waals surface area contributed by atoms with Crippen molar-refractivity contribution in [1.29, 1.82) is 0 Å². The lowest BCUT2D eigenvalue weighted by atomic mass is 10.0. The minimum Gasteiger partial charge on any atom is -0.504 e. The smallest absolute Gasteiger partial charge is 0.249 e. The van der Waals surface area contributed by atoms with Crippen LogP contribution in [0.5, 0.6) is 17.2 Å². The number of amides is 2. The fourth-order valence-corrected chi connectivity index (χ4v) is 4.99. The molecule has 0 saturated carbocycles. The lowest BCUT2D eigenvalue weighted by Gasteiger charge is -2.33. The molecule has 1 aromatic heterocycles. The number of para-hydroxylation sites is 3. The number of fused-ring (bicyclic) bond motifs is 1. The number of aromatic hydroxyl groups is 1. The first-order chi connectivity index (χ1) is 20.0. The Balaban J connectivity index is 1.60. The van der Waals surface area contributed by atoms with E-state index in [2.05, 4.69) is 15.6 Å². The normalized spacial score (nSPS) is 15.4. The van der Waals surface area contributed by atoms with Crippen LogP contribution in [0.25, 0.3) is 11.0 Å². The Morgan fingerprint density at radius 2 is 1.95 bits per heavy atom. The second kappa shape index (κ2) is 12.7. The number of phenolic OH excluding ortho intramolecular Hbond substituents is 1. The predicted molar refractivity (Wildman–Crippen MR) is 152 cm³/mol. The Kier molecular flexibility index (Phi) is 8.64. The number of nitrogens with zero attached hydrogens (tertiary/aromatic N) is 4. The number of hydrogen-bond donors (Lipinski definition) is 2. The van der Waals surface area contributed by atoms with Gasteiger partial charge in [0, 0.05) is 13.2 Å². The Morgan fingerprint density at radius 3 is 2.73 bits per heavy atom. The van der Waals surface area contributed by atoms with Gasteiger partial charge >= 0.3 is 0 Å². The molecule has 2 amide bonds. The van der Waals surface area contributed by atoms with Gasteiger partial charge in [0.15, 0.2) is 11.5 Å². The van der Waals surface area contributed by atoms with Gasteiger partial charge < -0.3 is 24.6 Å². The summed E-state index contributed by atoms with van der Waals surface area (Å²) in [6, 6.07) is 17.8. The number of benzene rings is 3. The number of nitrogens with one attached hydrogen (secondary N) is 1. The van der Waals surface area contributed by atoms with Crippen molar-refractivity contribution in [1.82, 2.24) is 20.3 Å². The molecule has 1 aliphatic heterocycles. The average Bonchev–Trinajstić information content (AvgIpc) is 3.66. The zero-order valence-corrected chi connectivity index (χ0v) is 23.0. The van der Waals surface area contributed by atoms with E-state index in [0.29, 0.717) is 47.8 Å². The maximum absolute atomic E-state index is 14.3. The van der Waals surface area contributed by atoms with Gasteiger partial charge in [-0.05, 0) is 61.7 Å². The van der Waals surface area contributed by atoms with Crippen LogP contribution >= 0.6 is 0 Å². The molecule has 2 heterocycles. The highest BCUT2D eigenvalue weighted by Crippen LogP contribution is 2.38. The molecule has 5 rings (SSSR count). The summed E-state index contributed by atoms with van der Waals surface area (Å²) in [6.45, 7) is 2.86. The summed E-state index contributed by atoms with van der Waals surface area (Å²) in [6.07, 6.45) is 1.67. The molecule has 0 bridgehead atoms. The summed E-state index contributed by atoms with van der Waals surface area (Å²) < 4.78 is 18.5. The van der Waals surface area contributed by atoms with Crippen molar-refractivity contribution < 1.29 is 28.9 Å². The van der Waals surface area contributed by atoms with Crippen molar-refractivity contribution in [2.24, 2.45) is 0 Å². The van der Waals surface area contributed by atoms with Gasteiger partial charge in [-0.1, -0.05) is 35.5 Å². The molecule has 3 aromatic carbocycles. The lowest BCUT2D eigenvalue weighted by molar-refractivity contribution is -0.127. The van der Waals surface area contributed by atoms with Crippen LogP contribution in [0.4, 0.5) is 5.69 Å². The van der Waals surface area contributed by atoms with Gasteiger partial charge in [-0.25, -0.2) is 4.68 Å². The van der Waals surface area contributed by atoms with E-state index in [1.807, 2.05) is 24.3 Å². The molecule has 1 saturated heterocycles. The first kappa shape index (κ1) is 27.9. The molecule has 11 heteroatoms. The molecule has 1 aliphatic rings. The Morgan fingerprint density at radius 1 is 1.15 bits per heavy atom. The molecular weight excluding hydrogens is 526 g/mol. The van der Waals surface area contributed by atoms with Gasteiger partial charge in [0.25, 0.3) is 0 Å². The zero-order chi connectivity index (χ0) is 28.8. The van der Waals surface area contributed by atoms with Gasteiger partial charge in [0.05, 0.1) is 31.0 Å². The van der Waals surface area contributed by atoms with Crippen LogP contribution in [-0.4, -0.2) is 64.9 Å². The topological polar surface area (TPSA) is 128 Å². The molecule has 11 nitrogen and oxygen atoms in total. The largest absolute Gasteiger partial charge is 0.504 e. The van der Waals surface area contributed by atoms with Crippen molar-refractivity contribution in [3.8, 4) is 17.2 Å². The number of carbonyl (C=O) groups excluding carboxylic acids is 2. The summed E-state index contributed by atoms with van der Waals surface area (Å²) in [4.78, 5) is 29.7. The number of ether oxygens (including phenoxy) is 3. The second-order valence-corrected chi connectivity index (χ2v) is 9.61. The highest BCUT2D eigenvalue weighted by atomic mass is 16.5. The van der Waals surface area contributed by atoms with E-state index in [-0.39, 0.29) is 24.1 Å². The van der Waals surface area contributed by atoms with Crippen LogP contribution in [0.1, 0.15) is 31.4 Å². The maximum atomic E-state index is 14.3.